The van der Waals surface area contributed by atoms with E-state index in [0.29, 0.717) is 24.6 Å². The number of ether oxygens (including phenoxy) is 2. The second kappa shape index (κ2) is 10.9. The number of hydrogen-bond acceptors (Lipinski definition) is 6. The Bertz CT molecular complexity index is 394. The Morgan fingerprint density at radius 2 is 1.75 bits per heavy atom. The van der Waals surface area contributed by atoms with E-state index < -0.39 is 6.16 Å². The van der Waals surface area contributed by atoms with Crippen LogP contribution in [0.25, 0.3) is 0 Å². The molecule has 0 aromatic carbocycles. The molecule has 0 amide bonds. The molecule has 0 saturated heterocycles. The van der Waals surface area contributed by atoms with E-state index in [1.165, 1.54) is 5.01 Å². The lowest BCUT2D eigenvalue weighted by molar-refractivity contribution is -0.719. The minimum absolute atomic E-state index is 0.159. The van der Waals surface area contributed by atoms with Gasteiger partial charge in [0.25, 0.3) is 0 Å². The van der Waals surface area contributed by atoms with Crippen molar-refractivity contribution in [3.63, 3.8) is 0 Å². The molecule has 1 atom stereocenters. The van der Waals surface area contributed by atoms with Gasteiger partial charge in [-0.2, -0.15) is 0 Å². The molecular weight excluding hydrogens is 314 g/mol. The average molecular weight is 347 g/mol. The monoisotopic (exact) mass is 347 g/mol. The third-order valence-electron chi connectivity index (χ3n) is 3.68. The maximum absolute atomic E-state index is 11.6. The third-order valence-corrected chi connectivity index (χ3v) is 3.68. The van der Waals surface area contributed by atoms with Gasteiger partial charge in [-0.15, -0.1) is 5.01 Å². The van der Waals surface area contributed by atoms with Crippen molar-refractivity contribution in [2.24, 2.45) is 11.2 Å². The summed E-state index contributed by atoms with van der Waals surface area (Å²) in [5.74, 6) is 0.261. The van der Waals surface area contributed by atoms with Crippen LogP contribution in [0, 0.1) is 11.1 Å². The van der Waals surface area contributed by atoms with Gasteiger partial charge in [-0.05, 0) is 52.9 Å². The van der Waals surface area contributed by atoms with E-state index in [1.807, 2.05) is 41.5 Å². The molecule has 0 aliphatic heterocycles. The predicted octanol–water partition coefficient (Wildman–Crippen LogP) is 3.89. The number of carbonyl (C=O) groups excluding carboxylic acids is 1. The SMILES string of the molecule is CC(C)C(C)OC(=O)OCCCCCO/N=[N+](\[O-])N(C)C(C)(C)C. The molecule has 24 heavy (non-hydrogen) atoms. The topological polar surface area (TPSA) is 86.4 Å². The summed E-state index contributed by atoms with van der Waals surface area (Å²) in [4.78, 5) is 16.8. The highest BCUT2D eigenvalue weighted by Crippen LogP contribution is 2.10. The van der Waals surface area contributed by atoms with Crippen LogP contribution in [0.2, 0.25) is 0 Å². The largest absolute Gasteiger partial charge is 0.569 e. The van der Waals surface area contributed by atoms with Gasteiger partial charge in [0.1, 0.15) is 12.7 Å². The quantitative estimate of drug-likeness (QED) is 0.196. The van der Waals surface area contributed by atoms with Gasteiger partial charge in [0.05, 0.1) is 24.2 Å². The Balaban J connectivity index is 3.70. The first kappa shape index (κ1) is 22.3. The zero-order chi connectivity index (χ0) is 18.8. The summed E-state index contributed by atoms with van der Waals surface area (Å²) in [6, 6.07) is 0. The molecule has 0 spiro atoms. The molecule has 0 aromatic heterocycles. The van der Waals surface area contributed by atoms with Crippen LogP contribution in [-0.4, -0.2) is 48.0 Å². The Morgan fingerprint density at radius 1 is 1.17 bits per heavy atom. The van der Waals surface area contributed by atoms with Gasteiger partial charge in [-0.25, -0.2) is 4.79 Å². The zero-order valence-electron chi connectivity index (χ0n) is 16.1. The van der Waals surface area contributed by atoms with Gasteiger partial charge in [0.2, 0.25) is 5.28 Å². The summed E-state index contributed by atoms with van der Waals surface area (Å²) in [5, 5.41) is 16.5. The van der Waals surface area contributed by atoms with E-state index in [4.69, 9.17) is 14.3 Å². The highest BCUT2D eigenvalue weighted by molar-refractivity contribution is 5.60. The van der Waals surface area contributed by atoms with Crippen molar-refractivity contribution in [1.82, 2.24) is 5.01 Å². The molecule has 0 aromatic rings. The van der Waals surface area contributed by atoms with Crippen molar-refractivity contribution in [2.45, 2.75) is 72.4 Å². The third kappa shape index (κ3) is 10.1. The molecular formula is C16H33N3O5. The molecule has 0 bridgehead atoms. The first-order valence-corrected chi connectivity index (χ1v) is 8.43. The number of hydrogen-bond donors (Lipinski definition) is 0. The summed E-state index contributed by atoms with van der Waals surface area (Å²) in [7, 11) is 1.65. The summed E-state index contributed by atoms with van der Waals surface area (Å²) in [6.45, 7) is 12.1. The van der Waals surface area contributed by atoms with Crippen molar-refractivity contribution in [3.05, 3.63) is 5.21 Å². The van der Waals surface area contributed by atoms with Crippen molar-refractivity contribution in [3.8, 4) is 0 Å². The first-order chi connectivity index (χ1) is 11.1. The molecule has 0 saturated carbocycles. The van der Waals surface area contributed by atoms with Crippen LogP contribution >= 0.6 is 0 Å². The minimum Gasteiger partial charge on any atom is -0.569 e. The summed E-state index contributed by atoms with van der Waals surface area (Å²) < 4.78 is 10.1. The van der Waals surface area contributed by atoms with Gasteiger partial charge >= 0.3 is 6.16 Å². The van der Waals surface area contributed by atoms with Crippen LogP contribution < -0.4 is 0 Å². The Morgan fingerprint density at radius 3 is 2.29 bits per heavy atom. The Labute approximate surface area is 145 Å². The van der Waals surface area contributed by atoms with E-state index in [9.17, 15) is 10.0 Å². The first-order valence-electron chi connectivity index (χ1n) is 8.43. The number of carbonyl (C=O) groups is 1. The van der Waals surface area contributed by atoms with E-state index in [0.717, 1.165) is 12.8 Å². The molecule has 8 heteroatoms. The normalized spacial score (nSPS) is 13.6. The fourth-order valence-electron chi connectivity index (χ4n) is 1.32. The van der Waals surface area contributed by atoms with E-state index in [-0.39, 0.29) is 17.6 Å². The minimum atomic E-state index is -0.630. The molecule has 0 aliphatic rings. The van der Waals surface area contributed by atoms with Gasteiger partial charge in [-0.3, -0.25) is 0 Å². The molecule has 8 nitrogen and oxygen atoms in total. The lowest BCUT2D eigenvalue weighted by atomic mass is 10.1. The average Bonchev–Trinajstić information content (AvgIpc) is 2.47. The number of hydrazine groups is 1. The van der Waals surface area contributed by atoms with Crippen molar-refractivity contribution < 1.29 is 24.1 Å². The second-order valence-electron chi connectivity index (χ2n) is 7.09. The van der Waals surface area contributed by atoms with Gasteiger partial charge in [0.15, 0.2) is 0 Å². The van der Waals surface area contributed by atoms with Crippen LogP contribution in [-0.2, 0) is 14.3 Å². The standard InChI is InChI=1S/C16H33N3O5/c1-13(2)14(3)24-15(20)22-11-9-8-10-12-23-17-19(21)18(7)16(4,5)6/h13-14H,8-12H2,1-7H3/b19-17-. The molecule has 0 N–H and O–H groups in total. The van der Waals surface area contributed by atoms with Crippen LogP contribution in [0.1, 0.15) is 60.8 Å². The zero-order valence-corrected chi connectivity index (χ0v) is 16.1. The lowest BCUT2D eigenvalue weighted by Crippen LogP contribution is -2.42. The molecule has 0 aliphatic carbocycles. The maximum atomic E-state index is 11.6. The molecule has 0 radical (unpaired) electrons. The molecule has 0 heterocycles. The molecule has 1 unspecified atom stereocenters. The smallest absolute Gasteiger partial charge is 0.508 e. The summed E-state index contributed by atoms with van der Waals surface area (Å²) in [5.41, 5.74) is -0.326. The van der Waals surface area contributed by atoms with Crippen LogP contribution in [0.5, 0.6) is 0 Å². The van der Waals surface area contributed by atoms with Crippen molar-refractivity contribution >= 4 is 6.16 Å². The van der Waals surface area contributed by atoms with E-state index >= 15 is 0 Å². The highest BCUT2D eigenvalue weighted by Gasteiger charge is 2.24. The van der Waals surface area contributed by atoms with Crippen LogP contribution in [0.15, 0.2) is 5.28 Å². The van der Waals surface area contributed by atoms with Crippen LogP contribution in [0.4, 0.5) is 4.79 Å². The summed E-state index contributed by atoms with van der Waals surface area (Å²) in [6.07, 6.45) is 1.44. The van der Waals surface area contributed by atoms with E-state index in [2.05, 4.69) is 5.28 Å². The Hall–Kier alpha value is -1.73. The predicted molar refractivity (Wildman–Crippen MR) is 90.1 cm³/mol. The number of rotatable bonds is 10. The lowest BCUT2D eigenvalue weighted by Gasteiger charge is -2.26. The highest BCUT2D eigenvalue weighted by atomic mass is 16.7. The summed E-state index contributed by atoms with van der Waals surface area (Å²) >= 11 is 0. The number of unbranched alkanes of at least 4 members (excludes halogenated alkanes) is 2. The molecule has 0 fully saturated rings. The van der Waals surface area contributed by atoms with Gasteiger partial charge in [-0.1, -0.05) is 13.8 Å². The van der Waals surface area contributed by atoms with E-state index in [1.54, 1.807) is 7.05 Å². The van der Waals surface area contributed by atoms with Gasteiger partial charge in [0, 0.05) is 0 Å². The second-order valence-corrected chi connectivity index (χ2v) is 7.09. The van der Waals surface area contributed by atoms with Crippen molar-refractivity contribution in [1.29, 1.82) is 0 Å². The van der Waals surface area contributed by atoms with Gasteiger partial charge < -0.3 is 19.5 Å². The van der Waals surface area contributed by atoms with Crippen LogP contribution in [0.3, 0.4) is 0 Å². The number of nitrogens with zero attached hydrogens (tertiary/aromatic N) is 3. The fourth-order valence-corrected chi connectivity index (χ4v) is 1.32. The Kier molecular flexibility index (Phi) is 10.1. The fraction of sp³-hybridized carbons (Fsp3) is 0.938. The maximum Gasteiger partial charge on any atom is 0.508 e. The molecule has 0 rings (SSSR count). The molecule has 142 valence electrons. The van der Waals surface area contributed by atoms with Crippen molar-refractivity contribution in [2.75, 3.05) is 20.3 Å².